The van der Waals surface area contributed by atoms with Crippen LogP contribution in [0.25, 0.3) is 0 Å². The van der Waals surface area contributed by atoms with E-state index in [1.54, 1.807) is 36.1 Å². The van der Waals surface area contributed by atoms with Gasteiger partial charge in [0.1, 0.15) is 0 Å². The summed E-state index contributed by atoms with van der Waals surface area (Å²) < 4.78 is 32.9. The molecule has 1 saturated heterocycles. The van der Waals surface area contributed by atoms with Gasteiger partial charge in [-0.2, -0.15) is 4.31 Å². The summed E-state index contributed by atoms with van der Waals surface area (Å²) in [6, 6.07) is 12.8. The average Bonchev–Trinajstić information content (AvgIpc) is 2.74. The van der Waals surface area contributed by atoms with Gasteiger partial charge in [0.05, 0.1) is 17.1 Å². The Hall–Kier alpha value is -2.23. The Balaban J connectivity index is 1.65. The largest absolute Gasteiger partial charge is 0.462 e. The molecule has 0 atom stereocenters. The number of benzene rings is 2. The van der Waals surface area contributed by atoms with Gasteiger partial charge in [-0.15, -0.1) is 0 Å². The Morgan fingerprint density at radius 1 is 0.931 bits per heavy atom. The maximum atomic E-state index is 12.9. The smallest absolute Gasteiger partial charge is 0.338 e. The van der Waals surface area contributed by atoms with Crippen LogP contribution in [0.2, 0.25) is 0 Å². The van der Waals surface area contributed by atoms with Gasteiger partial charge in [-0.05, 0) is 55.5 Å². The van der Waals surface area contributed by atoms with Crippen molar-refractivity contribution in [3.05, 3.63) is 64.1 Å². The Morgan fingerprint density at radius 2 is 1.48 bits per heavy atom. The predicted molar refractivity (Wildman–Crippen MR) is 111 cm³/mol. The van der Waals surface area contributed by atoms with Crippen molar-refractivity contribution < 1.29 is 22.7 Å². The van der Waals surface area contributed by atoms with E-state index in [1.807, 2.05) is 0 Å². The lowest BCUT2D eigenvalue weighted by Gasteiger charge is -2.34. The number of hydrogen-bond acceptors (Lipinski definition) is 5. The van der Waals surface area contributed by atoms with Gasteiger partial charge in [0.15, 0.2) is 0 Å². The minimum Gasteiger partial charge on any atom is -0.462 e. The van der Waals surface area contributed by atoms with Gasteiger partial charge >= 0.3 is 5.97 Å². The Kier molecular flexibility index (Phi) is 6.71. The number of sulfonamides is 1. The van der Waals surface area contributed by atoms with Crippen LogP contribution in [0, 0.1) is 0 Å². The first-order chi connectivity index (χ1) is 13.8. The fraction of sp³-hybridized carbons (Fsp3) is 0.300. The molecule has 9 heteroatoms. The van der Waals surface area contributed by atoms with Gasteiger partial charge in [0.2, 0.25) is 10.0 Å². The number of amides is 1. The number of nitrogens with zero attached hydrogens (tertiary/aromatic N) is 2. The second-order valence-corrected chi connectivity index (χ2v) is 9.30. The Bertz CT molecular complexity index is 983. The van der Waals surface area contributed by atoms with E-state index in [0.717, 1.165) is 4.47 Å². The summed E-state index contributed by atoms with van der Waals surface area (Å²) in [5, 5.41) is 0. The number of piperazine rings is 1. The Morgan fingerprint density at radius 3 is 2.03 bits per heavy atom. The summed E-state index contributed by atoms with van der Waals surface area (Å²) in [6.07, 6.45) is 0. The fourth-order valence-electron chi connectivity index (χ4n) is 3.03. The maximum absolute atomic E-state index is 12.9. The first-order valence-electron chi connectivity index (χ1n) is 9.15. The number of esters is 1. The van der Waals surface area contributed by atoms with Gasteiger partial charge in [-0.1, -0.05) is 15.9 Å². The molecule has 1 heterocycles. The van der Waals surface area contributed by atoms with E-state index in [2.05, 4.69) is 15.9 Å². The zero-order chi connectivity index (χ0) is 21.0. The molecule has 154 valence electrons. The normalized spacial score (nSPS) is 15.2. The second kappa shape index (κ2) is 9.06. The van der Waals surface area contributed by atoms with E-state index in [1.165, 1.54) is 28.6 Å². The summed E-state index contributed by atoms with van der Waals surface area (Å²) in [7, 11) is -3.70. The molecule has 1 amide bonds. The molecule has 29 heavy (non-hydrogen) atoms. The third-order valence-electron chi connectivity index (χ3n) is 4.62. The van der Waals surface area contributed by atoms with Crippen LogP contribution in [0.5, 0.6) is 0 Å². The number of ether oxygens (including phenoxy) is 1. The van der Waals surface area contributed by atoms with E-state index in [9.17, 15) is 18.0 Å². The molecule has 0 N–H and O–H groups in total. The third kappa shape index (κ3) is 4.85. The molecule has 2 aromatic carbocycles. The monoisotopic (exact) mass is 480 g/mol. The lowest BCUT2D eigenvalue weighted by molar-refractivity contribution is 0.0526. The van der Waals surface area contributed by atoms with E-state index < -0.39 is 16.0 Å². The van der Waals surface area contributed by atoms with E-state index in [-0.39, 0.29) is 30.5 Å². The highest BCUT2D eigenvalue weighted by atomic mass is 79.9. The van der Waals surface area contributed by atoms with Crippen LogP contribution in [-0.2, 0) is 14.8 Å². The highest BCUT2D eigenvalue weighted by Gasteiger charge is 2.30. The molecule has 3 rings (SSSR count). The second-order valence-electron chi connectivity index (χ2n) is 6.45. The van der Waals surface area contributed by atoms with Crippen molar-refractivity contribution in [2.75, 3.05) is 32.8 Å². The van der Waals surface area contributed by atoms with Crippen molar-refractivity contribution in [1.82, 2.24) is 9.21 Å². The molecule has 0 aliphatic carbocycles. The summed E-state index contributed by atoms with van der Waals surface area (Å²) in [5.74, 6) is -0.607. The number of hydrogen-bond donors (Lipinski definition) is 0. The highest BCUT2D eigenvalue weighted by Crippen LogP contribution is 2.20. The molecule has 0 bridgehead atoms. The van der Waals surface area contributed by atoms with Crippen LogP contribution < -0.4 is 0 Å². The van der Waals surface area contributed by atoms with Gasteiger partial charge in [-0.25, -0.2) is 13.2 Å². The molecule has 0 radical (unpaired) electrons. The van der Waals surface area contributed by atoms with Crippen LogP contribution in [0.1, 0.15) is 27.6 Å². The van der Waals surface area contributed by atoms with E-state index in [0.29, 0.717) is 24.2 Å². The third-order valence-corrected chi connectivity index (χ3v) is 7.06. The van der Waals surface area contributed by atoms with Gasteiger partial charge < -0.3 is 9.64 Å². The molecule has 7 nitrogen and oxygen atoms in total. The van der Waals surface area contributed by atoms with Gasteiger partial charge in [-0.3, -0.25) is 4.79 Å². The molecule has 0 spiro atoms. The topological polar surface area (TPSA) is 84.0 Å². The van der Waals surface area contributed by atoms with Crippen molar-refractivity contribution in [2.45, 2.75) is 11.8 Å². The molecule has 2 aromatic rings. The lowest BCUT2D eigenvalue weighted by atomic mass is 10.2. The zero-order valence-electron chi connectivity index (χ0n) is 15.9. The van der Waals surface area contributed by atoms with Crippen molar-refractivity contribution in [3.8, 4) is 0 Å². The first kappa shape index (κ1) is 21.5. The first-order valence-corrected chi connectivity index (χ1v) is 11.4. The summed E-state index contributed by atoms with van der Waals surface area (Å²) >= 11 is 3.34. The van der Waals surface area contributed by atoms with Crippen molar-refractivity contribution in [2.24, 2.45) is 0 Å². The van der Waals surface area contributed by atoms with E-state index in [4.69, 9.17) is 4.74 Å². The fourth-order valence-corrected chi connectivity index (χ4v) is 4.72. The maximum Gasteiger partial charge on any atom is 0.338 e. The standard InChI is InChI=1S/C20H21BrN2O5S/c1-2-28-20(25)16-5-9-18(10-6-16)29(26,27)23-13-11-22(12-14-23)19(24)15-3-7-17(21)8-4-15/h3-10H,2,11-14H2,1H3. The lowest BCUT2D eigenvalue weighted by Crippen LogP contribution is -2.50. The highest BCUT2D eigenvalue weighted by molar-refractivity contribution is 9.10. The molecular formula is C20H21BrN2O5S. The summed E-state index contributed by atoms with van der Waals surface area (Å²) in [4.78, 5) is 26.1. The van der Waals surface area contributed by atoms with Crippen molar-refractivity contribution >= 4 is 37.8 Å². The number of rotatable bonds is 5. The molecule has 0 saturated carbocycles. The van der Waals surface area contributed by atoms with Gasteiger partial charge in [0.25, 0.3) is 5.91 Å². The molecule has 0 aromatic heterocycles. The van der Waals surface area contributed by atoms with Crippen LogP contribution in [-0.4, -0.2) is 62.3 Å². The van der Waals surface area contributed by atoms with Crippen molar-refractivity contribution in [1.29, 1.82) is 0 Å². The minimum absolute atomic E-state index is 0.109. The summed E-state index contributed by atoms with van der Waals surface area (Å²) in [5.41, 5.74) is 0.870. The number of carbonyl (C=O) groups excluding carboxylic acids is 2. The zero-order valence-corrected chi connectivity index (χ0v) is 18.3. The van der Waals surface area contributed by atoms with Crippen molar-refractivity contribution in [3.63, 3.8) is 0 Å². The SMILES string of the molecule is CCOC(=O)c1ccc(S(=O)(=O)N2CCN(C(=O)c3ccc(Br)cc3)CC2)cc1. The van der Waals surface area contributed by atoms with Crippen LogP contribution in [0.15, 0.2) is 57.9 Å². The van der Waals surface area contributed by atoms with E-state index >= 15 is 0 Å². The molecule has 1 aliphatic rings. The van der Waals surface area contributed by atoms with Crippen LogP contribution in [0.3, 0.4) is 0 Å². The van der Waals surface area contributed by atoms with Crippen LogP contribution in [0.4, 0.5) is 0 Å². The molecule has 1 fully saturated rings. The average molecular weight is 481 g/mol. The molecule has 1 aliphatic heterocycles. The Labute approximate surface area is 178 Å². The predicted octanol–water partition coefficient (Wildman–Crippen LogP) is 2.77. The van der Waals surface area contributed by atoms with Gasteiger partial charge in [0, 0.05) is 36.2 Å². The quantitative estimate of drug-likeness (QED) is 0.614. The molecular weight excluding hydrogens is 460 g/mol. The number of halogens is 1. The molecule has 0 unspecified atom stereocenters. The van der Waals surface area contributed by atoms with Crippen LogP contribution >= 0.6 is 15.9 Å². The minimum atomic E-state index is -3.70. The summed E-state index contributed by atoms with van der Waals surface area (Å²) in [6.45, 7) is 3.01. The number of carbonyl (C=O) groups is 2.